The van der Waals surface area contributed by atoms with Gasteiger partial charge < -0.3 is 10.5 Å². The number of halogens is 3. The molecule has 1 saturated heterocycles. The first-order chi connectivity index (χ1) is 12.4. The standard InChI is InChI=1S/C19H19ClF2N2O2/c20-17-8-16(26-11-12-2-1-3-14(21)6-12)5-4-13(17)9-24-10-15(22)7-18(24)19(23)25/h1-6,8,15,18H,7,9-11H2,(H2,23,25). The van der Waals surface area contributed by atoms with Gasteiger partial charge >= 0.3 is 0 Å². The van der Waals surface area contributed by atoms with E-state index >= 15 is 0 Å². The fraction of sp³-hybridized carbons (Fsp3) is 0.316. The van der Waals surface area contributed by atoms with Crippen LogP contribution in [0.5, 0.6) is 5.75 Å². The van der Waals surface area contributed by atoms with E-state index < -0.39 is 18.1 Å². The summed E-state index contributed by atoms with van der Waals surface area (Å²) in [7, 11) is 0. The van der Waals surface area contributed by atoms with Crippen molar-refractivity contribution in [2.45, 2.75) is 31.8 Å². The van der Waals surface area contributed by atoms with Gasteiger partial charge in [-0.2, -0.15) is 0 Å². The Morgan fingerprint density at radius 3 is 2.81 bits per heavy atom. The molecule has 0 aliphatic carbocycles. The van der Waals surface area contributed by atoms with Crippen molar-refractivity contribution in [2.24, 2.45) is 5.73 Å². The lowest BCUT2D eigenvalue weighted by atomic mass is 10.1. The molecule has 0 aromatic heterocycles. The lowest BCUT2D eigenvalue weighted by molar-refractivity contribution is -0.122. The van der Waals surface area contributed by atoms with Crippen LogP contribution in [0.25, 0.3) is 0 Å². The van der Waals surface area contributed by atoms with Crippen LogP contribution in [-0.2, 0) is 17.9 Å². The Morgan fingerprint density at radius 2 is 2.12 bits per heavy atom. The number of ether oxygens (including phenoxy) is 1. The van der Waals surface area contributed by atoms with Crippen LogP contribution in [-0.4, -0.2) is 29.6 Å². The van der Waals surface area contributed by atoms with Gasteiger partial charge in [-0.15, -0.1) is 0 Å². The summed E-state index contributed by atoms with van der Waals surface area (Å²) in [6.45, 7) is 0.700. The van der Waals surface area contributed by atoms with E-state index in [2.05, 4.69) is 0 Å². The number of carbonyl (C=O) groups excluding carboxylic acids is 1. The molecule has 138 valence electrons. The van der Waals surface area contributed by atoms with Crippen LogP contribution in [0.1, 0.15) is 17.5 Å². The number of benzene rings is 2. The fourth-order valence-electron chi connectivity index (χ4n) is 3.08. The van der Waals surface area contributed by atoms with Crippen molar-refractivity contribution >= 4 is 17.5 Å². The van der Waals surface area contributed by atoms with Gasteiger partial charge in [-0.3, -0.25) is 9.69 Å². The molecule has 3 rings (SSSR count). The molecule has 7 heteroatoms. The minimum absolute atomic E-state index is 0.113. The van der Waals surface area contributed by atoms with Crippen LogP contribution in [0.4, 0.5) is 8.78 Å². The van der Waals surface area contributed by atoms with Gasteiger partial charge in [0.2, 0.25) is 5.91 Å². The number of rotatable bonds is 6. The van der Waals surface area contributed by atoms with E-state index in [-0.39, 0.29) is 25.4 Å². The van der Waals surface area contributed by atoms with Crippen molar-refractivity contribution in [3.8, 4) is 5.75 Å². The Labute approximate surface area is 155 Å². The second-order valence-corrected chi connectivity index (χ2v) is 6.76. The van der Waals surface area contributed by atoms with Crippen LogP contribution in [0, 0.1) is 5.82 Å². The number of nitrogens with two attached hydrogens (primary N) is 1. The Morgan fingerprint density at radius 1 is 1.31 bits per heavy atom. The molecular formula is C19H19ClF2N2O2. The van der Waals surface area contributed by atoms with E-state index in [1.807, 2.05) is 0 Å². The molecule has 2 atom stereocenters. The van der Waals surface area contributed by atoms with Crippen LogP contribution >= 0.6 is 11.6 Å². The third-order valence-electron chi connectivity index (χ3n) is 4.37. The Bertz CT molecular complexity index is 803. The summed E-state index contributed by atoms with van der Waals surface area (Å²) >= 11 is 6.30. The van der Waals surface area contributed by atoms with Crippen molar-refractivity contribution in [1.29, 1.82) is 0 Å². The number of hydrogen-bond donors (Lipinski definition) is 1. The quantitative estimate of drug-likeness (QED) is 0.835. The average molecular weight is 381 g/mol. The summed E-state index contributed by atoms with van der Waals surface area (Å²) < 4.78 is 32.4. The zero-order chi connectivity index (χ0) is 18.7. The van der Waals surface area contributed by atoms with Gasteiger partial charge in [0.1, 0.15) is 24.3 Å². The molecule has 2 aromatic rings. The van der Waals surface area contributed by atoms with E-state index in [1.54, 1.807) is 35.2 Å². The van der Waals surface area contributed by atoms with Gasteiger partial charge in [0.25, 0.3) is 0 Å². The number of amides is 1. The highest BCUT2D eigenvalue weighted by molar-refractivity contribution is 6.31. The molecule has 2 aromatic carbocycles. The maximum Gasteiger partial charge on any atom is 0.234 e. The molecule has 1 aliphatic rings. The molecule has 2 N–H and O–H groups in total. The number of hydrogen-bond acceptors (Lipinski definition) is 3. The Hall–Kier alpha value is -2.18. The summed E-state index contributed by atoms with van der Waals surface area (Å²) in [6, 6.07) is 10.7. The SMILES string of the molecule is NC(=O)C1CC(F)CN1Cc1ccc(OCc2cccc(F)c2)cc1Cl. The second-order valence-electron chi connectivity index (χ2n) is 6.35. The summed E-state index contributed by atoms with van der Waals surface area (Å²) in [5.41, 5.74) is 6.81. The predicted molar refractivity (Wildman–Crippen MR) is 95.1 cm³/mol. The fourth-order valence-corrected chi connectivity index (χ4v) is 3.31. The second kappa shape index (κ2) is 8.01. The molecule has 0 saturated carbocycles. The molecule has 1 fully saturated rings. The monoisotopic (exact) mass is 380 g/mol. The highest BCUT2D eigenvalue weighted by Gasteiger charge is 2.35. The largest absolute Gasteiger partial charge is 0.489 e. The van der Waals surface area contributed by atoms with E-state index in [0.29, 0.717) is 22.9 Å². The van der Waals surface area contributed by atoms with Gasteiger partial charge in [0.05, 0.1) is 6.04 Å². The predicted octanol–water partition coefficient (Wildman–Crippen LogP) is 3.46. The number of carbonyl (C=O) groups is 1. The van der Waals surface area contributed by atoms with Gasteiger partial charge in [-0.05, 0) is 35.4 Å². The third kappa shape index (κ3) is 4.51. The molecular weight excluding hydrogens is 362 g/mol. The van der Waals surface area contributed by atoms with Crippen molar-refractivity contribution in [3.05, 3.63) is 64.4 Å². The maximum atomic E-state index is 13.6. The van der Waals surface area contributed by atoms with Crippen LogP contribution in [0.3, 0.4) is 0 Å². The minimum atomic E-state index is -1.07. The van der Waals surface area contributed by atoms with E-state index in [1.165, 1.54) is 12.1 Å². The Balaban J connectivity index is 1.65. The molecule has 0 bridgehead atoms. The summed E-state index contributed by atoms with van der Waals surface area (Å²) in [6.07, 6.45) is -0.956. The molecule has 1 heterocycles. The van der Waals surface area contributed by atoms with Crippen LogP contribution in [0.2, 0.25) is 5.02 Å². The molecule has 1 aliphatic heterocycles. The topological polar surface area (TPSA) is 55.6 Å². The van der Waals surface area contributed by atoms with Crippen molar-refractivity contribution in [1.82, 2.24) is 4.90 Å². The Kier molecular flexibility index (Phi) is 5.74. The molecule has 26 heavy (non-hydrogen) atoms. The van der Waals surface area contributed by atoms with Gasteiger partial charge in [0.15, 0.2) is 0 Å². The van der Waals surface area contributed by atoms with E-state index in [0.717, 1.165) is 5.56 Å². The summed E-state index contributed by atoms with van der Waals surface area (Å²) in [4.78, 5) is 13.2. The first kappa shape index (κ1) is 18.6. The van der Waals surface area contributed by atoms with Gasteiger partial charge in [-0.1, -0.05) is 29.8 Å². The highest BCUT2D eigenvalue weighted by Crippen LogP contribution is 2.28. The molecule has 4 nitrogen and oxygen atoms in total. The minimum Gasteiger partial charge on any atom is -0.489 e. The lowest BCUT2D eigenvalue weighted by Crippen LogP contribution is -2.39. The summed E-state index contributed by atoms with van der Waals surface area (Å²) in [5.74, 6) is -0.309. The third-order valence-corrected chi connectivity index (χ3v) is 4.73. The number of nitrogens with zero attached hydrogens (tertiary/aromatic N) is 1. The van der Waals surface area contributed by atoms with Crippen molar-refractivity contribution in [3.63, 3.8) is 0 Å². The lowest BCUT2D eigenvalue weighted by Gasteiger charge is -2.22. The summed E-state index contributed by atoms with van der Waals surface area (Å²) in [5, 5.41) is 0.451. The molecule has 0 radical (unpaired) electrons. The average Bonchev–Trinajstić information content (AvgIpc) is 2.96. The van der Waals surface area contributed by atoms with Crippen LogP contribution < -0.4 is 10.5 Å². The molecule has 1 amide bonds. The van der Waals surface area contributed by atoms with Crippen LogP contribution in [0.15, 0.2) is 42.5 Å². The van der Waals surface area contributed by atoms with E-state index in [9.17, 15) is 13.6 Å². The zero-order valence-corrected chi connectivity index (χ0v) is 14.8. The van der Waals surface area contributed by atoms with Gasteiger partial charge in [-0.25, -0.2) is 8.78 Å². The van der Waals surface area contributed by atoms with Crippen molar-refractivity contribution in [2.75, 3.05) is 6.54 Å². The van der Waals surface area contributed by atoms with Gasteiger partial charge in [0, 0.05) is 24.5 Å². The first-order valence-electron chi connectivity index (χ1n) is 8.25. The highest BCUT2D eigenvalue weighted by atomic mass is 35.5. The number of primary amides is 1. The normalized spacial score (nSPS) is 20.3. The smallest absolute Gasteiger partial charge is 0.234 e. The first-order valence-corrected chi connectivity index (χ1v) is 8.63. The maximum absolute atomic E-state index is 13.6. The molecule has 2 unspecified atom stereocenters. The van der Waals surface area contributed by atoms with Crippen molar-refractivity contribution < 1.29 is 18.3 Å². The zero-order valence-electron chi connectivity index (χ0n) is 14.0. The molecule has 0 spiro atoms. The number of alkyl halides is 1. The van der Waals surface area contributed by atoms with E-state index in [4.69, 9.17) is 22.1 Å². The number of likely N-dealkylation sites (tertiary alicyclic amines) is 1.